The maximum atomic E-state index is 4.62. The highest BCUT2D eigenvalue weighted by atomic mass is 32.2. The standard InChI is InChI=1S/C19H25N7S/c1-7-26-16(14-11-9-8-10-13(14)4)23-24-19(26)27-18-21-15(12(2)3)20-17(22-18)25(5)6/h8-12H,7H2,1-6H3. The summed E-state index contributed by atoms with van der Waals surface area (Å²) in [7, 11) is 3.86. The molecule has 0 amide bonds. The van der Waals surface area contributed by atoms with Crippen LogP contribution >= 0.6 is 11.8 Å². The molecule has 0 aliphatic carbocycles. The van der Waals surface area contributed by atoms with Crippen LogP contribution in [0.2, 0.25) is 0 Å². The third-order valence-corrected chi connectivity index (χ3v) is 4.99. The quantitative estimate of drug-likeness (QED) is 0.641. The molecule has 0 atom stereocenters. The predicted molar refractivity (Wildman–Crippen MR) is 108 cm³/mol. The molecule has 1 aromatic carbocycles. The van der Waals surface area contributed by atoms with Crippen LogP contribution in [0.15, 0.2) is 34.6 Å². The highest BCUT2D eigenvalue weighted by molar-refractivity contribution is 7.99. The Hall–Kier alpha value is -2.48. The first-order valence-electron chi connectivity index (χ1n) is 9.01. The zero-order valence-electron chi connectivity index (χ0n) is 16.6. The second-order valence-corrected chi connectivity index (χ2v) is 7.73. The minimum absolute atomic E-state index is 0.220. The van der Waals surface area contributed by atoms with Gasteiger partial charge in [-0.05, 0) is 31.2 Å². The summed E-state index contributed by atoms with van der Waals surface area (Å²) in [6, 6.07) is 8.21. The number of hydrogen-bond donors (Lipinski definition) is 0. The van der Waals surface area contributed by atoms with Crippen LogP contribution in [-0.4, -0.2) is 43.8 Å². The second-order valence-electron chi connectivity index (χ2n) is 6.79. The number of anilines is 1. The SMILES string of the molecule is CCn1c(Sc2nc(C(C)C)nc(N(C)C)n2)nnc1-c1ccccc1C. The van der Waals surface area contributed by atoms with Crippen molar-refractivity contribution in [1.29, 1.82) is 0 Å². The molecule has 0 fully saturated rings. The van der Waals surface area contributed by atoms with Gasteiger partial charge in [0, 0.05) is 32.1 Å². The molecule has 2 aromatic heterocycles. The van der Waals surface area contributed by atoms with Crippen LogP contribution < -0.4 is 4.90 Å². The van der Waals surface area contributed by atoms with Crippen molar-refractivity contribution in [2.45, 2.75) is 50.5 Å². The van der Waals surface area contributed by atoms with E-state index in [0.29, 0.717) is 11.1 Å². The molecule has 0 saturated carbocycles. The molecule has 0 N–H and O–H groups in total. The van der Waals surface area contributed by atoms with Crippen molar-refractivity contribution in [3.05, 3.63) is 35.7 Å². The lowest BCUT2D eigenvalue weighted by Crippen LogP contribution is -2.16. The molecule has 27 heavy (non-hydrogen) atoms. The Morgan fingerprint density at radius 2 is 1.81 bits per heavy atom. The lowest BCUT2D eigenvalue weighted by Gasteiger charge is -2.14. The monoisotopic (exact) mass is 383 g/mol. The summed E-state index contributed by atoms with van der Waals surface area (Å²) in [6.45, 7) is 9.10. The van der Waals surface area contributed by atoms with Gasteiger partial charge in [0.05, 0.1) is 0 Å². The highest BCUT2D eigenvalue weighted by Gasteiger charge is 2.18. The number of hydrogen-bond acceptors (Lipinski definition) is 7. The van der Waals surface area contributed by atoms with Gasteiger partial charge < -0.3 is 9.47 Å². The van der Waals surface area contributed by atoms with E-state index in [1.165, 1.54) is 17.3 Å². The largest absolute Gasteiger partial charge is 0.347 e. The Morgan fingerprint density at radius 1 is 1.07 bits per heavy atom. The van der Waals surface area contributed by atoms with Gasteiger partial charge in [0.25, 0.3) is 0 Å². The molecule has 7 nitrogen and oxygen atoms in total. The Balaban J connectivity index is 2.01. The van der Waals surface area contributed by atoms with E-state index in [-0.39, 0.29) is 5.92 Å². The van der Waals surface area contributed by atoms with Crippen LogP contribution in [0.25, 0.3) is 11.4 Å². The summed E-state index contributed by atoms with van der Waals surface area (Å²) >= 11 is 1.42. The van der Waals surface area contributed by atoms with E-state index < -0.39 is 0 Å². The fraction of sp³-hybridized carbons (Fsp3) is 0.421. The predicted octanol–water partition coefficient (Wildman–Crippen LogP) is 3.80. The van der Waals surface area contributed by atoms with Crippen LogP contribution in [0.1, 0.15) is 38.1 Å². The minimum Gasteiger partial charge on any atom is -0.347 e. The number of aryl methyl sites for hydroxylation is 1. The first-order valence-corrected chi connectivity index (χ1v) is 9.82. The Kier molecular flexibility index (Phi) is 5.74. The maximum Gasteiger partial charge on any atom is 0.229 e. The molecule has 3 aromatic rings. The highest BCUT2D eigenvalue weighted by Crippen LogP contribution is 2.30. The lowest BCUT2D eigenvalue weighted by atomic mass is 10.1. The molecule has 2 heterocycles. The van der Waals surface area contributed by atoms with Gasteiger partial charge in [-0.1, -0.05) is 38.1 Å². The number of nitrogens with zero attached hydrogens (tertiary/aromatic N) is 7. The first kappa shape index (κ1) is 19.3. The summed E-state index contributed by atoms with van der Waals surface area (Å²) < 4.78 is 2.10. The average Bonchev–Trinajstić information content (AvgIpc) is 3.04. The Morgan fingerprint density at radius 3 is 2.44 bits per heavy atom. The lowest BCUT2D eigenvalue weighted by molar-refractivity contribution is 0.680. The Labute approximate surface area is 164 Å². The van der Waals surface area contributed by atoms with Gasteiger partial charge in [0.15, 0.2) is 11.0 Å². The zero-order chi connectivity index (χ0) is 19.6. The third kappa shape index (κ3) is 4.10. The van der Waals surface area contributed by atoms with Crippen molar-refractivity contribution >= 4 is 17.7 Å². The molecule has 0 bridgehead atoms. The maximum absolute atomic E-state index is 4.62. The van der Waals surface area contributed by atoms with E-state index in [1.807, 2.05) is 31.1 Å². The van der Waals surface area contributed by atoms with E-state index in [2.05, 4.69) is 69.5 Å². The van der Waals surface area contributed by atoms with Gasteiger partial charge in [-0.3, -0.25) is 0 Å². The molecular weight excluding hydrogens is 358 g/mol. The molecule has 142 valence electrons. The van der Waals surface area contributed by atoms with E-state index in [4.69, 9.17) is 0 Å². The third-order valence-electron chi connectivity index (χ3n) is 4.14. The summed E-state index contributed by atoms with van der Waals surface area (Å²) in [4.78, 5) is 15.6. The summed E-state index contributed by atoms with van der Waals surface area (Å²) in [6.07, 6.45) is 0. The van der Waals surface area contributed by atoms with Crippen molar-refractivity contribution in [3.8, 4) is 11.4 Å². The van der Waals surface area contributed by atoms with E-state index in [1.54, 1.807) is 0 Å². The number of benzene rings is 1. The van der Waals surface area contributed by atoms with Crippen LogP contribution in [0.5, 0.6) is 0 Å². The normalized spacial score (nSPS) is 11.2. The van der Waals surface area contributed by atoms with Gasteiger partial charge in [-0.25, -0.2) is 4.98 Å². The molecule has 0 aliphatic rings. The average molecular weight is 384 g/mol. The number of rotatable bonds is 6. The molecule has 8 heteroatoms. The van der Waals surface area contributed by atoms with Gasteiger partial charge in [0.2, 0.25) is 11.1 Å². The second kappa shape index (κ2) is 8.04. The fourth-order valence-electron chi connectivity index (χ4n) is 2.62. The Bertz CT molecular complexity index is 907. The summed E-state index contributed by atoms with van der Waals surface area (Å²) in [5.41, 5.74) is 2.26. The first-order chi connectivity index (χ1) is 12.9. The molecule has 0 saturated heterocycles. The zero-order valence-corrected chi connectivity index (χ0v) is 17.4. The van der Waals surface area contributed by atoms with E-state index in [9.17, 15) is 0 Å². The van der Waals surface area contributed by atoms with Gasteiger partial charge in [0.1, 0.15) is 5.82 Å². The topological polar surface area (TPSA) is 72.6 Å². The smallest absolute Gasteiger partial charge is 0.229 e. The van der Waals surface area contributed by atoms with Crippen molar-refractivity contribution in [2.24, 2.45) is 0 Å². The van der Waals surface area contributed by atoms with Crippen LogP contribution in [0, 0.1) is 6.92 Å². The van der Waals surface area contributed by atoms with E-state index in [0.717, 1.165) is 28.9 Å². The molecular formula is C19H25N7S. The van der Waals surface area contributed by atoms with Crippen LogP contribution in [-0.2, 0) is 6.54 Å². The van der Waals surface area contributed by atoms with Crippen molar-refractivity contribution in [2.75, 3.05) is 19.0 Å². The van der Waals surface area contributed by atoms with Gasteiger partial charge >= 0.3 is 0 Å². The minimum atomic E-state index is 0.220. The van der Waals surface area contributed by atoms with Crippen LogP contribution in [0.3, 0.4) is 0 Å². The molecule has 0 radical (unpaired) electrons. The van der Waals surface area contributed by atoms with Crippen molar-refractivity contribution in [3.63, 3.8) is 0 Å². The molecule has 0 spiro atoms. The van der Waals surface area contributed by atoms with Crippen molar-refractivity contribution in [1.82, 2.24) is 29.7 Å². The number of aromatic nitrogens is 6. The van der Waals surface area contributed by atoms with Crippen molar-refractivity contribution < 1.29 is 0 Å². The summed E-state index contributed by atoms with van der Waals surface area (Å²) in [5.74, 6) is 2.51. The fourth-order valence-corrected chi connectivity index (χ4v) is 3.46. The summed E-state index contributed by atoms with van der Waals surface area (Å²) in [5, 5.41) is 10.3. The van der Waals surface area contributed by atoms with Gasteiger partial charge in [-0.2, -0.15) is 9.97 Å². The van der Waals surface area contributed by atoms with Gasteiger partial charge in [-0.15, -0.1) is 10.2 Å². The van der Waals surface area contributed by atoms with E-state index >= 15 is 0 Å². The molecule has 3 rings (SSSR count). The van der Waals surface area contributed by atoms with Crippen LogP contribution in [0.4, 0.5) is 5.95 Å². The molecule has 0 unspecified atom stereocenters. The molecule has 0 aliphatic heterocycles.